The minimum Gasteiger partial charge on any atom is -0.303 e. The molecular weight excluding hydrogens is 174 g/mol. The quantitative estimate of drug-likeness (QED) is 0.652. The van der Waals surface area contributed by atoms with Crippen molar-refractivity contribution >= 4 is 17.9 Å². The third kappa shape index (κ3) is 1.63. The van der Waals surface area contributed by atoms with Gasteiger partial charge in [-0.05, 0) is 11.6 Å². The molecule has 0 aliphatic heterocycles. The van der Waals surface area contributed by atoms with Gasteiger partial charge in [0, 0.05) is 6.42 Å². The molecule has 1 aromatic rings. The fourth-order valence-corrected chi connectivity index (χ4v) is 1.16. The second-order valence-electron chi connectivity index (χ2n) is 2.26. The lowest BCUT2D eigenvalue weighted by molar-refractivity contribution is -0.107. The first-order chi connectivity index (χ1) is 5.79. The third-order valence-corrected chi connectivity index (χ3v) is 1.95. The number of benzene rings is 1. The SMILES string of the molecule is N#Cc1cccc(CC=O)c1Cl. The van der Waals surface area contributed by atoms with Crippen LogP contribution in [0.15, 0.2) is 18.2 Å². The lowest BCUT2D eigenvalue weighted by atomic mass is 10.1. The summed E-state index contributed by atoms with van der Waals surface area (Å²) in [5, 5.41) is 8.97. The van der Waals surface area contributed by atoms with E-state index in [9.17, 15) is 4.79 Å². The number of aldehydes is 1. The second-order valence-corrected chi connectivity index (χ2v) is 2.64. The van der Waals surface area contributed by atoms with E-state index in [0.29, 0.717) is 16.1 Å². The highest BCUT2D eigenvalue weighted by molar-refractivity contribution is 6.32. The van der Waals surface area contributed by atoms with Crippen molar-refractivity contribution in [3.8, 4) is 6.07 Å². The predicted molar refractivity (Wildman–Crippen MR) is 45.9 cm³/mol. The van der Waals surface area contributed by atoms with E-state index in [-0.39, 0.29) is 6.42 Å². The number of hydrogen-bond acceptors (Lipinski definition) is 2. The van der Waals surface area contributed by atoms with E-state index in [1.165, 1.54) is 0 Å². The van der Waals surface area contributed by atoms with Crippen molar-refractivity contribution in [2.75, 3.05) is 0 Å². The van der Waals surface area contributed by atoms with Crippen molar-refractivity contribution in [2.24, 2.45) is 0 Å². The summed E-state index contributed by atoms with van der Waals surface area (Å²) < 4.78 is 0. The van der Waals surface area contributed by atoms with Gasteiger partial charge in [-0.25, -0.2) is 0 Å². The molecule has 0 unspecified atom stereocenters. The highest BCUT2D eigenvalue weighted by Gasteiger charge is 2.03. The van der Waals surface area contributed by atoms with Crippen LogP contribution in [0.4, 0.5) is 0 Å². The molecule has 0 amide bonds. The smallest absolute Gasteiger partial charge is 0.124 e. The van der Waals surface area contributed by atoms with Gasteiger partial charge in [0.25, 0.3) is 0 Å². The van der Waals surface area contributed by atoms with Crippen molar-refractivity contribution in [2.45, 2.75) is 6.42 Å². The lowest BCUT2D eigenvalue weighted by Crippen LogP contribution is -1.89. The fourth-order valence-electron chi connectivity index (χ4n) is 0.914. The second kappa shape index (κ2) is 3.89. The van der Waals surface area contributed by atoms with Crippen LogP contribution in [0, 0.1) is 11.3 Å². The maximum absolute atomic E-state index is 10.2. The Labute approximate surface area is 75.4 Å². The van der Waals surface area contributed by atoms with Crippen LogP contribution in [0.25, 0.3) is 0 Å². The number of halogens is 1. The van der Waals surface area contributed by atoms with Crippen LogP contribution in [0.1, 0.15) is 11.1 Å². The first-order valence-corrected chi connectivity index (χ1v) is 3.78. The van der Waals surface area contributed by atoms with Crippen LogP contribution < -0.4 is 0 Å². The number of carbonyl (C=O) groups excluding carboxylic acids is 1. The Bertz CT molecular complexity index is 341. The van der Waals surface area contributed by atoms with Crippen LogP contribution in [-0.4, -0.2) is 6.29 Å². The highest BCUT2D eigenvalue weighted by atomic mass is 35.5. The Morgan fingerprint density at radius 1 is 1.58 bits per heavy atom. The van der Waals surface area contributed by atoms with Gasteiger partial charge in [-0.1, -0.05) is 23.7 Å². The lowest BCUT2D eigenvalue weighted by Gasteiger charge is -1.99. The first-order valence-electron chi connectivity index (χ1n) is 3.40. The monoisotopic (exact) mass is 179 g/mol. The van der Waals surface area contributed by atoms with Crippen LogP contribution in [-0.2, 0) is 11.2 Å². The molecule has 0 saturated heterocycles. The molecule has 0 heterocycles. The molecule has 1 rings (SSSR count). The van der Waals surface area contributed by atoms with Crippen molar-refractivity contribution in [1.29, 1.82) is 5.26 Å². The average molecular weight is 180 g/mol. The largest absolute Gasteiger partial charge is 0.303 e. The average Bonchev–Trinajstić information content (AvgIpc) is 2.09. The van der Waals surface area contributed by atoms with Crippen molar-refractivity contribution in [3.05, 3.63) is 34.3 Å². The van der Waals surface area contributed by atoms with Gasteiger partial charge in [0.15, 0.2) is 0 Å². The first kappa shape index (κ1) is 8.76. The van der Waals surface area contributed by atoms with Gasteiger partial charge in [0.1, 0.15) is 12.4 Å². The number of nitrogens with zero attached hydrogens (tertiary/aromatic N) is 1. The molecule has 0 N–H and O–H groups in total. The molecule has 0 aliphatic carbocycles. The Kier molecular flexibility index (Phi) is 2.84. The van der Waals surface area contributed by atoms with E-state index in [1.54, 1.807) is 18.2 Å². The summed E-state index contributed by atoms with van der Waals surface area (Å²) in [6.45, 7) is 0. The Morgan fingerprint density at radius 2 is 2.33 bits per heavy atom. The molecule has 0 aromatic heterocycles. The van der Waals surface area contributed by atoms with E-state index in [1.807, 2.05) is 6.07 Å². The van der Waals surface area contributed by atoms with Gasteiger partial charge >= 0.3 is 0 Å². The molecule has 60 valence electrons. The molecule has 0 aliphatic rings. The maximum Gasteiger partial charge on any atom is 0.124 e. The van der Waals surface area contributed by atoms with Crippen LogP contribution in [0.2, 0.25) is 5.02 Å². The molecule has 2 nitrogen and oxygen atoms in total. The summed E-state index contributed by atoms with van der Waals surface area (Å²) in [4.78, 5) is 10.2. The standard InChI is InChI=1S/C9H6ClNO/c10-9-7(4-5-12)2-1-3-8(9)6-11/h1-3,5H,4H2. The summed E-state index contributed by atoms with van der Waals surface area (Å²) in [6.07, 6.45) is 1.02. The summed E-state index contributed by atoms with van der Waals surface area (Å²) >= 11 is 5.81. The van der Waals surface area contributed by atoms with Crippen LogP contribution in [0.3, 0.4) is 0 Å². The number of nitriles is 1. The number of carbonyl (C=O) groups is 1. The Morgan fingerprint density at radius 3 is 2.92 bits per heavy atom. The van der Waals surface area contributed by atoms with Crippen molar-refractivity contribution in [3.63, 3.8) is 0 Å². The van der Waals surface area contributed by atoms with E-state index in [4.69, 9.17) is 16.9 Å². The molecule has 12 heavy (non-hydrogen) atoms. The molecule has 0 atom stereocenters. The molecule has 0 spiro atoms. The van der Waals surface area contributed by atoms with Crippen molar-refractivity contribution in [1.82, 2.24) is 0 Å². The fraction of sp³-hybridized carbons (Fsp3) is 0.111. The van der Waals surface area contributed by atoms with Crippen LogP contribution in [0.5, 0.6) is 0 Å². The van der Waals surface area contributed by atoms with E-state index >= 15 is 0 Å². The van der Waals surface area contributed by atoms with E-state index in [2.05, 4.69) is 0 Å². The topological polar surface area (TPSA) is 40.9 Å². The molecule has 0 bridgehead atoms. The molecular formula is C9H6ClNO. The van der Waals surface area contributed by atoms with Gasteiger partial charge in [0.2, 0.25) is 0 Å². The van der Waals surface area contributed by atoms with Crippen LogP contribution >= 0.6 is 11.6 Å². The summed E-state index contributed by atoms with van der Waals surface area (Å²) in [6, 6.07) is 7.01. The minimum atomic E-state index is 0.258. The molecule has 1 aromatic carbocycles. The number of rotatable bonds is 2. The summed E-state index contributed by atoms with van der Waals surface area (Å²) in [5.74, 6) is 0. The van der Waals surface area contributed by atoms with Gasteiger partial charge in [-0.3, -0.25) is 0 Å². The minimum absolute atomic E-state index is 0.258. The summed E-state index contributed by atoms with van der Waals surface area (Å²) in [7, 11) is 0. The van der Waals surface area contributed by atoms with E-state index in [0.717, 1.165) is 6.29 Å². The highest BCUT2D eigenvalue weighted by Crippen LogP contribution is 2.20. The van der Waals surface area contributed by atoms with Gasteiger partial charge < -0.3 is 4.79 Å². The number of hydrogen-bond donors (Lipinski definition) is 0. The Balaban J connectivity index is 3.15. The zero-order valence-corrected chi connectivity index (χ0v) is 7.01. The zero-order valence-electron chi connectivity index (χ0n) is 6.25. The van der Waals surface area contributed by atoms with Crippen molar-refractivity contribution < 1.29 is 4.79 Å². The maximum atomic E-state index is 10.2. The third-order valence-electron chi connectivity index (χ3n) is 1.50. The van der Waals surface area contributed by atoms with Gasteiger partial charge in [-0.15, -0.1) is 0 Å². The molecule has 0 fully saturated rings. The zero-order chi connectivity index (χ0) is 8.97. The summed E-state index contributed by atoms with van der Waals surface area (Å²) in [5.41, 5.74) is 1.11. The Hall–Kier alpha value is -1.33. The van der Waals surface area contributed by atoms with E-state index < -0.39 is 0 Å². The normalized spacial score (nSPS) is 9.00. The molecule has 0 radical (unpaired) electrons. The molecule has 3 heteroatoms. The predicted octanol–water partition coefficient (Wildman–Crippen LogP) is 1.95. The molecule has 0 saturated carbocycles. The van der Waals surface area contributed by atoms with Gasteiger partial charge in [0.05, 0.1) is 10.6 Å². The van der Waals surface area contributed by atoms with Gasteiger partial charge in [-0.2, -0.15) is 5.26 Å².